The Balaban J connectivity index is 2.26. The predicted molar refractivity (Wildman–Crippen MR) is 63.9 cm³/mol. The third-order valence-electron chi connectivity index (χ3n) is 2.63. The Bertz CT molecular complexity index is 520. The lowest BCUT2D eigenvalue weighted by Gasteiger charge is -2.20. The number of rotatable bonds is 0. The van der Waals surface area contributed by atoms with Gasteiger partial charge in [0.1, 0.15) is 12.4 Å². The van der Waals surface area contributed by atoms with Crippen molar-refractivity contribution in [2.45, 2.75) is 6.61 Å². The molecule has 0 saturated carbocycles. The van der Waals surface area contributed by atoms with E-state index < -0.39 is 0 Å². The molecule has 15 heavy (non-hydrogen) atoms. The van der Waals surface area contributed by atoms with Gasteiger partial charge in [-0.25, -0.2) is 0 Å². The van der Waals surface area contributed by atoms with E-state index in [0.29, 0.717) is 6.61 Å². The fourth-order valence-electron chi connectivity index (χ4n) is 1.90. The summed E-state index contributed by atoms with van der Waals surface area (Å²) in [5, 5.41) is 0. The van der Waals surface area contributed by atoms with Crippen molar-refractivity contribution < 1.29 is 4.74 Å². The van der Waals surface area contributed by atoms with Crippen molar-refractivity contribution in [3.05, 3.63) is 52.5 Å². The van der Waals surface area contributed by atoms with Gasteiger partial charge in [0, 0.05) is 10.0 Å². The topological polar surface area (TPSA) is 9.23 Å². The second-order valence-electron chi connectivity index (χ2n) is 3.59. The van der Waals surface area contributed by atoms with E-state index in [9.17, 15) is 0 Å². The second kappa shape index (κ2) is 3.38. The molecule has 1 nitrogen and oxygen atoms in total. The molecule has 0 amide bonds. The first-order valence-electron chi connectivity index (χ1n) is 4.85. The van der Waals surface area contributed by atoms with Gasteiger partial charge in [-0.15, -0.1) is 0 Å². The molecule has 2 heteroatoms. The largest absolute Gasteiger partial charge is 0.488 e. The molecule has 0 radical (unpaired) electrons. The molecular weight excluding hydrogens is 252 g/mol. The van der Waals surface area contributed by atoms with Crippen molar-refractivity contribution in [2.24, 2.45) is 0 Å². The zero-order chi connectivity index (χ0) is 10.3. The van der Waals surface area contributed by atoms with Crippen LogP contribution in [0.1, 0.15) is 5.56 Å². The maximum atomic E-state index is 5.70. The molecule has 0 atom stereocenters. The second-order valence-corrected chi connectivity index (χ2v) is 4.50. The first-order valence-corrected chi connectivity index (χ1v) is 5.64. The number of benzene rings is 2. The SMILES string of the molecule is Brc1ccc2c(c1)OCc1ccccc1-2. The highest BCUT2D eigenvalue weighted by atomic mass is 79.9. The minimum Gasteiger partial charge on any atom is -0.488 e. The maximum Gasteiger partial charge on any atom is 0.128 e. The Morgan fingerprint density at radius 2 is 1.87 bits per heavy atom. The van der Waals surface area contributed by atoms with Crippen LogP contribution in [0.5, 0.6) is 5.75 Å². The van der Waals surface area contributed by atoms with E-state index in [0.717, 1.165) is 10.2 Å². The Kier molecular flexibility index (Phi) is 2.03. The molecule has 0 fully saturated rings. The van der Waals surface area contributed by atoms with Gasteiger partial charge in [-0.1, -0.05) is 40.2 Å². The summed E-state index contributed by atoms with van der Waals surface area (Å²) in [6, 6.07) is 14.5. The van der Waals surface area contributed by atoms with Crippen LogP contribution in [0.15, 0.2) is 46.9 Å². The summed E-state index contributed by atoms with van der Waals surface area (Å²) in [6.07, 6.45) is 0. The van der Waals surface area contributed by atoms with Crippen LogP contribution in [-0.4, -0.2) is 0 Å². The van der Waals surface area contributed by atoms with E-state index in [-0.39, 0.29) is 0 Å². The number of hydrogen-bond donors (Lipinski definition) is 0. The first kappa shape index (κ1) is 8.98. The van der Waals surface area contributed by atoms with Gasteiger partial charge in [-0.2, -0.15) is 0 Å². The van der Waals surface area contributed by atoms with E-state index >= 15 is 0 Å². The summed E-state index contributed by atoms with van der Waals surface area (Å²) in [6.45, 7) is 0.666. The standard InChI is InChI=1S/C13H9BrO/c14-10-5-6-12-11-4-2-1-3-9(11)8-15-13(12)7-10/h1-7H,8H2. The lowest BCUT2D eigenvalue weighted by molar-refractivity contribution is 0.302. The smallest absolute Gasteiger partial charge is 0.128 e. The van der Waals surface area contributed by atoms with Gasteiger partial charge < -0.3 is 4.74 Å². The summed E-state index contributed by atoms with van der Waals surface area (Å²) in [5.74, 6) is 0.961. The average molecular weight is 261 g/mol. The van der Waals surface area contributed by atoms with Gasteiger partial charge in [-0.05, 0) is 29.3 Å². The molecule has 0 spiro atoms. The molecular formula is C13H9BrO. The summed E-state index contributed by atoms with van der Waals surface area (Å²) >= 11 is 3.45. The minimum absolute atomic E-state index is 0.666. The van der Waals surface area contributed by atoms with Crippen molar-refractivity contribution >= 4 is 15.9 Å². The van der Waals surface area contributed by atoms with Crippen LogP contribution in [0.3, 0.4) is 0 Å². The lowest BCUT2D eigenvalue weighted by atomic mass is 9.97. The summed E-state index contributed by atoms with van der Waals surface area (Å²) in [7, 11) is 0. The van der Waals surface area contributed by atoms with Gasteiger partial charge in [0.25, 0.3) is 0 Å². The third kappa shape index (κ3) is 1.45. The zero-order valence-electron chi connectivity index (χ0n) is 8.03. The molecule has 1 aliphatic heterocycles. The monoisotopic (exact) mass is 260 g/mol. The van der Waals surface area contributed by atoms with Crippen LogP contribution in [-0.2, 0) is 6.61 Å². The van der Waals surface area contributed by atoms with Crippen LogP contribution < -0.4 is 4.74 Å². The number of hydrogen-bond acceptors (Lipinski definition) is 1. The van der Waals surface area contributed by atoms with Crippen molar-refractivity contribution in [3.8, 4) is 16.9 Å². The molecule has 3 rings (SSSR count). The van der Waals surface area contributed by atoms with Gasteiger partial charge in [0.05, 0.1) is 0 Å². The van der Waals surface area contributed by atoms with Crippen molar-refractivity contribution in [3.63, 3.8) is 0 Å². The number of halogens is 1. The zero-order valence-corrected chi connectivity index (χ0v) is 9.62. The van der Waals surface area contributed by atoms with Crippen molar-refractivity contribution in [1.82, 2.24) is 0 Å². The molecule has 0 bridgehead atoms. The molecule has 0 aliphatic carbocycles. The average Bonchev–Trinajstić information content (AvgIpc) is 2.28. The molecule has 1 aliphatic rings. The molecule has 2 aromatic carbocycles. The van der Waals surface area contributed by atoms with E-state index in [4.69, 9.17) is 4.74 Å². The highest BCUT2D eigenvalue weighted by Gasteiger charge is 2.16. The van der Waals surface area contributed by atoms with Crippen LogP contribution in [0, 0.1) is 0 Å². The van der Waals surface area contributed by atoms with Gasteiger partial charge in [-0.3, -0.25) is 0 Å². The lowest BCUT2D eigenvalue weighted by Crippen LogP contribution is -2.04. The minimum atomic E-state index is 0.666. The van der Waals surface area contributed by atoms with Crippen LogP contribution in [0.2, 0.25) is 0 Å². The highest BCUT2D eigenvalue weighted by molar-refractivity contribution is 9.10. The summed E-state index contributed by atoms with van der Waals surface area (Å²) in [5.41, 5.74) is 3.72. The molecule has 0 saturated heterocycles. The fourth-order valence-corrected chi connectivity index (χ4v) is 2.24. The van der Waals surface area contributed by atoms with Gasteiger partial charge >= 0.3 is 0 Å². The molecule has 1 heterocycles. The number of ether oxygens (including phenoxy) is 1. The van der Waals surface area contributed by atoms with E-state index in [1.165, 1.54) is 16.7 Å². The predicted octanol–water partition coefficient (Wildman–Crippen LogP) is 4.01. The maximum absolute atomic E-state index is 5.70. The Morgan fingerprint density at radius 1 is 1.00 bits per heavy atom. The Hall–Kier alpha value is -1.28. The van der Waals surface area contributed by atoms with Gasteiger partial charge in [0.2, 0.25) is 0 Å². The summed E-state index contributed by atoms with van der Waals surface area (Å²) in [4.78, 5) is 0. The van der Waals surface area contributed by atoms with Crippen LogP contribution >= 0.6 is 15.9 Å². The summed E-state index contributed by atoms with van der Waals surface area (Å²) < 4.78 is 6.76. The fraction of sp³-hybridized carbons (Fsp3) is 0.0769. The van der Waals surface area contributed by atoms with Crippen molar-refractivity contribution in [1.29, 1.82) is 0 Å². The molecule has 0 unspecified atom stereocenters. The Labute approximate surface area is 96.8 Å². The normalized spacial score (nSPS) is 12.6. The van der Waals surface area contributed by atoms with Crippen LogP contribution in [0.4, 0.5) is 0 Å². The van der Waals surface area contributed by atoms with Crippen molar-refractivity contribution in [2.75, 3.05) is 0 Å². The first-order chi connectivity index (χ1) is 7.34. The van der Waals surface area contributed by atoms with Gasteiger partial charge in [0.15, 0.2) is 0 Å². The van der Waals surface area contributed by atoms with Crippen LogP contribution in [0.25, 0.3) is 11.1 Å². The van der Waals surface area contributed by atoms with E-state index in [2.05, 4.69) is 40.2 Å². The van der Waals surface area contributed by atoms with E-state index in [1.54, 1.807) is 0 Å². The van der Waals surface area contributed by atoms with E-state index in [1.807, 2.05) is 18.2 Å². The quantitative estimate of drug-likeness (QED) is 0.696. The molecule has 0 N–H and O–H groups in total. The third-order valence-corrected chi connectivity index (χ3v) is 3.13. The molecule has 2 aromatic rings. The molecule has 0 aromatic heterocycles. The Morgan fingerprint density at radius 3 is 2.80 bits per heavy atom. The molecule has 74 valence electrons. The number of fused-ring (bicyclic) bond motifs is 3. The highest BCUT2D eigenvalue weighted by Crippen LogP contribution is 2.38.